The second kappa shape index (κ2) is 7.10. The summed E-state index contributed by atoms with van der Waals surface area (Å²) < 4.78 is 5.40. The van der Waals surface area contributed by atoms with Crippen molar-refractivity contribution in [2.45, 2.75) is 96.2 Å². The summed E-state index contributed by atoms with van der Waals surface area (Å²) in [5, 5.41) is 6.12. The first-order valence-corrected chi connectivity index (χ1v) is 9.05. The molecule has 2 saturated carbocycles. The fraction of sp³-hybridized carbons (Fsp3) is 0.889. The molecule has 23 heavy (non-hydrogen) atoms. The molecule has 132 valence electrons. The zero-order valence-corrected chi connectivity index (χ0v) is 15.0. The number of nitrogens with one attached hydrogen (secondary N) is 2. The minimum atomic E-state index is -0.830. The van der Waals surface area contributed by atoms with Crippen LogP contribution in [0.2, 0.25) is 0 Å². The standard InChI is InChI=1S/C18H32N2O3/c1-13-9-7-8-12-18(13,20-16(22)23-17(2,3)4)15(21)19-14-10-5-6-11-14/h13-14H,5-12H2,1-4H3,(H,19,21)(H,20,22)/t13-,18-/m1/s1. The molecule has 2 N–H and O–H groups in total. The van der Waals surface area contributed by atoms with Gasteiger partial charge in [0.25, 0.3) is 0 Å². The van der Waals surface area contributed by atoms with Crippen LogP contribution < -0.4 is 10.6 Å². The van der Waals surface area contributed by atoms with Crippen molar-refractivity contribution in [2.75, 3.05) is 0 Å². The van der Waals surface area contributed by atoms with E-state index in [4.69, 9.17) is 4.74 Å². The fourth-order valence-corrected chi connectivity index (χ4v) is 3.80. The zero-order valence-electron chi connectivity index (χ0n) is 15.0. The van der Waals surface area contributed by atoms with Crippen LogP contribution in [0, 0.1) is 5.92 Å². The topological polar surface area (TPSA) is 67.4 Å². The van der Waals surface area contributed by atoms with E-state index in [9.17, 15) is 9.59 Å². The van der Waals surface area contributed by atoms with Gasteiger partial charge < -0.3 is 15.4 Å². The van der Waals surface area contributed by atoms with Gasteiger partial charge in [0, 0.05) is 6.04 Å². The predicted octanol–water partition coefficient (Wildman–Crippen LogP) is 3.52. The molecule has 0 aromatic carbocycles. The van der Waals surface area contributed by atoms with Gasteiger partial charge in [-0.05, 0) is 52.4 Å². The highest BCUT2D eigenvalue weighted by molar-refractivity contribution is 5.90. The molecule has 5 heteroatoms. The Balaban J connectivity index is 2.11. The lowest BCUT2D eigenvalue weighted by atomic mass is 9.73. The van der Waals surface area contributed by atoms with Crippen LogP contribution in [0.1, 0.15) is 79.1 Å². The van der Waals surface area contributed by atoms with Crippen LogP contribution in [0.15, 0.2) is 0 Å². The van der Waals surface area contributed by atoms with Gasteiger partial charge in [-0.15, -0.1) is 0 Å². The summed E-state index contributed by atoms with van der Waals surface area (Å²) in [5.74, 6) is 0.0904. The van der Waals surface area contributed by atoms with E-state index in [0.717, 1.165) is 32.1 Å². The van der Waals surface area contributed by atoms with E-state index in [1.807, 2.05) is 20.8 Å². The lowest BCUT2D eigenvalue weighted by Gasteiger charge is -2.42. The van der Waals surface area contributed by atoms with E-state index in [-0.39, 0.29) is 17.9 Å². The van der Waals surface area contributed by atoms with Crippen LogP contribution in [0.4, 0.5) is 4.79 Å². The Bertz CT molecular complexity index is 438. The maximum absolute atomic E-state index is 13.0. The summed E-state index contributed by atoms with van der Waals surface area (Å²) in [7, 11) is 0. The molecular weight excluding hydrogens is 292 g/mol. The van der Waals surface area contributed by atoms with Gasteiger partial charge in [-0.1, -0.05) is 32.6 Å². The summed E-state index contributed by atoms with van der Waals surface area (Å²) in [6.07, 6.45) is 7.65. The average Bonchev–Trinajstić information content (AvgIpc) is 2.92. The molecule has 2 atom stereocenters. The molecule has 2 aliphatic rings. The minimum Gasteiger partial charge on any atom is -0.444 e. The van der Waals surface area contributed by atoms with Gasteiger partial charge in [0.2, 0.25) is 5.91 Å². The summed E-state index contributed by atoms with van der Waals surface area (Å²) in [4.78, 5) is 25.3. The molecule has 2 fully saturated rings. The Kier molecular flexibility index (Phi) is 5.58. The summed E-state index contributed by atoms with van der Waals surface area (Å²) in [5.41, 5.74) is -1.39. The fourth-order valence-electron chi connectivity index (χ4n) is 3.80. The molecular formula is C18H32N2O3. The molecule has 0 aromatic heterocycles. The van der Waals surface area contributed by atoms with Crippen molar-refractivity contribution < 1.29 is 14.3 Å². The number of alkyl carbamates (subject to hydrolysis) is 1. The van der Waals surface area contributed by atoms with Crippen molar-refractivity contribution in [1.29, 1.82) is 0 Å². The predicted molar refractivity (Wildman–Crippen MR) is 90.1 cm³/mol. The van der Waals surface area contributed by atoms with E-state index in [1.54, 1.807) is 0 Å². The third-order valence-corrected chi connectivity index (χ3v) is 5.12. The van der Waals surface area contributed by atoms with Crippen LogP contribution in [0.5, 0.6) is 0 Å². The van der Waals surface area contributed by atoms with Crippen molar-refractivity contribution in [2.24, 2.45) is 5.92 Å². The summed E-state index contributed by atoms with van der Waals surface area (Å²) in [6, 6.07) is 0.258. The van der Waals surface area contributed by atoms with Crippen LogP contribution >= 0.6 is 0 Å². The minimum absolute atomic E-state index is 0.0255. The molecule has 0 unspecified atom stereocenters. The first kappa shape index (κ1) is 18.1. The molecule has 0 heterocycles. The molecule has 2 amide bonds. The molecule has 2 aliphatic carbocycles. The second-order valence-electron chi connectivity index (χ2n) is 8.20. The van der Waals surface area contributed by atoms with Crippen molar-refractivity contribution in [3.63, 3.8) is 0 Å². The SMILES string of the molecule is C[C@@H]1CCCC[C@]1(NC(=O)OC(C)(C)C)C(=O)NC1CCCC1. The monoisotopic (exact) mass is 324 g/mol. The molecule has 0 spiro atoms. The molecule has 0 bridgehead atoms. The van der Waals surface area contributed by atoms with Gasteiger partial charge in [0.05, 0.1) is 0 Å². The number of hydrogen-bond acceptors (Lipinski definition) is 3. The summed E-state index contributed by atoms with van der Waals surface area (Å²) >= 11 is 0. The zero-order chi connectivity index (χ0) is 17.1. The number of ether oxygens (including phenoxy) is 1. The van der Waals surface area contributed by atoms with Gasteiger partial charge >= 0.3 is 6.09 Å². The van der Waals surface area contributed by atoms with Gasteiger partial charge in [0.15, 0.2) is 0 Å². The average molecular weight is 324 g/mol. The van der Waals surface area contributed by atoms with Gasteiger partial charge in [-0.2, -0.15) is 0 Å². The molecule has 0 radical (unpaired) electrons. The van der Waals surface area contributed by atoms with Crippen molar-refractivity contribution in [1.82, 2.24) is 10.6 Å². The van der Waals surface area contributed by atoms with Crippen LogP contribution in [0.3, 0.4) is 0 Å². The smallest absolute Gasteiger partial charge is 0.408 e. The highest BCUT2D eigenvalue weighted by atomic mass is 16.6. The van der Waals surface area contributed by atoms with E-state index in [0.29, 0.717) is 6.42 Å². The Morgan fingerprint density at radius 2 is 1.65 bits per heavy atom. The molecule has 0 aliphatic heterocycles. The number of hydrogen-bond donors (Lipinski definition) is 2. The van der Waals surface area contributed by atoms with Crippen molar-refractivity contribution in [3.05, 3.63) is 0 Å². The van der Waals surface area contributed by atoms with Crippen LogP contribution in [-0.2, 0) is 9.53 Å². The van der Waals surface area contributed by atoms with Gasteiger partial charge in [0.1, 0.15) is 11.1 Å². The highest BCUT2D eigenvalue weighted by Gasteiger charge is 2.47. The molecule has 0 saturated heterocycles. The Morgan fingerprint density at radius 1 is 1.04 bits per heavy atom. The first-order valence-electron chi connectivity index (χ1n) is 9.05. The van der Waals surface area contributed by atoms with Gasteiger partial charge in [-0.25, -0.2) is 4.79 Å². The highest BCUT2D eigenvalue weighted by Crippen LogP contribution is 2.35. The van der Waals surface area contributed by atoms with Crippen LogP contribution in [-0.4, -0.2) is 29.2 Å². The van der Waals surface area contributed by atoms with Crippen LogP contribution in [0.25, 0.3) is 0 Å². The van der Waals surface area contributed by atoms with Gasteiger partial charge in [-0.3, -0.25) is 4.79 Å². The second-order valence-corrected chi connectivity index (χ2v) is 8.20. The normalized spacial score (nSPS) is 29.1. The van der Waals surface area contributed by atoms with E-state index >= 15 is 0 Å². The third-order valence-electron chi connectivity index (χ3n) is 5.12. The number of amides is 2. The number of carbonyl (C=O) groups excluding carboxylic acids is 2. The Hall–Kier alpha value is -1.26. The van der Waals surface area contributed by atoms with E-state index < -0.39 is 17.2 Å². The molecule has 2 rings (SSSR count). The summed E-state index contributed by atoms with van der Waals surface area (Å²) in [6.45, 7) is 7.57. The number of rotatable bonds is 3. The lowest BCUT2D eigenvalue weighted by Crippen LogP contribution is -2.64. The quantitative estimate of drug-likeness (QED) is 0.834. The lowest BCUT2D eigenvalue weighted by molar-refractivity contribution is -0.132. The molecule has 0 aromatic rings. The first-order chi connectivity index (χ1) is 10.7. The Morgan fingerprint density at radius 3 is 2.22 bits per heavy atom. The van der Waals surface area contributed by atoms with E-state index in [1.165, 1.54) is 12.8 Å². The maximum atomic E-state index is 13.0. The number of carbonyl (C=O) groups is 2. The molecule has 5 nitrogen and oxygen atoms in total. The Labute approximate surface area is 139 Å². The third kappa shape index (κ3) is 4.61. The van der Waals surface area contributed by atoms with E-state index in [2.05, 4.69) is 17.6 Å². The van der Waals surface area contributed by atoms with Crippen molar-refractivity contribution >= 4 is 12.0 Å². The maximum Gasteiger partial charge on any atom is 0.408 e. The van der Waals surface area contributed by atoms with Crippen molar-refractivity contribution in [3.8, 4) is 0 Å². The largest absolute Gasteiger partial charge is 0.444 e.